The molecule has 2 aromatic rings. The molecule has 1 fully saturated rings. The van der Waals surface area contributed by atoms with Crippen molar-refractivity contribution in [1.82, 2.24) is 15.5 Å². The van der Waals surface area contributed by atoms with Gasteiger partial charge in [-0.05, 0) is 38.4 Å². The molecule has 1 aromatic carbocycles. The first-order chi connectivity index (χ1) is 12.3. The maximum Gasteiger partial charge on any atom is 0.247 e. The third kappa shape index (κ3) is 3.94. The van der Waals surface area contributed by atoms with Crippen molar-refractivity contribution in [3.8, 4) is 0 Å². The molecule has 0 atom stereocenters. The Morgan fingerprint density at radius 2 is 1.88 bits per heavy atom. The number of amides is 1. The van der Waals surface area contributed by atoms with Crippen LogP contribution in [0.5, 0.6) is 0 Å². The third-order valence-corrected chi connectivity index (χ3v) is 7.55. The minimum atomic E-state index is -3.55. The van der Waals surface area contributed by atoms with E-state index in [9.17, 15) is 13.2 Å². The smallest absolute Gasteiger partial charge is 0.247 e. The lowest BCUT2D eigenvalue weighted by Gasteiger charge is -2.33. The van der Waals surface area contributed by atoms with E-state index in [1.54, 1.807) is 0 Å². The lowest BCUT2D eigenvalue weighted by molar-refractivity contribution is -0.119. The zero-order chi connectivity index (χ0) is 18.8. The number of hydrogen-bond acceptors (Lipinski definition) is 7. The zero-order valence-electron chi connectivity index (χ0n) is 14.8. The molecule has 0 unspecified atom stereocenters. The summed E-state index contributed by atoms with van der Waals surface area (Å²) >= 11 is 1.27. The number of anilines is 1. The predicted molar refractivity (Wildman–Crippen MR) is 102 cm³/mol. The number of nitrogens with one attached hydrogen (secondary N) is 2. The van der Waals surface area contributed by atoms with Gasteiger partial charge in [-0.1, -0.05) is 41.2 Å². The highest BCUT2D eigenvalue weighted by Crippen LogP contribution is 2.30. The second-order valence-electron chi connectivity index (χ2n) is 6.63. The van der Waals surface area contributed by atoms with Gasteiger partial charge in [0.1, 0.15) is 5.01 Å². The van der Waals surface area contributed by atoms with Crippen LogP contribution in [0, 0.1) is 6.92 Å². The average molecular weight is 395 g/mol. The van der Waals surface area contributed by atoms with Crippen molar-refractivity contribution in [3.05, 3.63) is 40.4 Å². The summed E-state index contributed by atoms with van der Waals surface area (Å²) in [5, 5.41) is 15.0. The molecule has 26 heavy (non-hydrogen) atoms. The Hall–Kier alpha value is -1.84. The third-order valence-electron chi connectivity index (χ3n) is 4.70. The van der Waals surface area contributed by atoms with E-state index in [0.29, 0.717) is 24.6 Å². The normalized spacial score (nSPS) is 17.0. The van der Waals surface area contributed by atoms with E-state index in [-0.39, 0.29) is 12.8 Å². The van der Waals surface area contributed by atoms with Crippen LogP contribution in [-0.2, 0) is 21.1 Å². The monoisotopic (exact) mass is 394 g/mol. The lowest BCUT2D eigenvalue weighted by Crippen LogP contribution is -2.55. The summed E-state index contributed by atoms with van der Waals surface area (Å²) in [6.45, 7) is 3.02. The van der Waals surface area contributed by atoms with E-state index in [0.717, 1.165) is 16.8 Å². The second-order valence-corrected chi connectivity index (χ2v) is 10.0. The number of sulfone groups is 1. The molecule has 3 rings (SSSR count). The Bertz CT molecular complexity index is 885. The van der Waals surface area contributed by atoms with E-state index in [1.807, 2.05) is 31.2 Å². The average Bonchev–Trinajstić information content (AvgIpc) is 3.03. The van der Waals surface area contributed by atoms with Gasteiger partial charge in [-0.2, -0.15) is 0 Å². The second kappa shape index (κ2) is 7.42. The van der Waals surface area contributed by atoms with E-state index in [1.165, 1.54) is 16.9 Å². The minimum Gasteiger partial charge on any atom is -0.317 e. The predicted octanol–water partition coefficient (Wildman–Crippen LogP) is 1.54. The molecule has 1 amide bonds. The Balaban J connectivity index is 1.73. The standard InChI is InChI=1S/C17H22N4O3S2/c1-12-3-5-13(6-4-12)11-14-20-21-16(25-14)19-15(22)17(26(2,23)24)7-9-18-10-8-17/h3-6,18H,7-11H2,1-2H3,(H,19,21,22). The first kappa shape index (κ1) is 18.9. The Kier molecular flexibility index (Phi) is 5.40. The number of carbonyl (C=O) groups excluding carboxylic acids is 1. The molecule has 0 spiro atoms. The molecule has 2 N–H and O–H groups in total. The number of hydrogen-bond donors (Lipinski definition) is 2. The fraction of sp³-hybridized carbons (Fsp3) is 0.471. The summed E-state index contributed by atoms with van der Waals surface area (Å²) < 4.78 is 23.2. The Labute approximate surface area is 157 Å². The summed E-state index contributed by atoms with van der Waals surface area (Å²) in [4.78, 5) is 12.8. The molecule has 140 valence electrons. The van der Waals surface area contributed by atoms with Gasteiger partial charge in [-0.25, -0.2) is 8.42 Å². The molecule has 1 aliphatic heterocycles. The molecule has 0 radical (unpaired) electrons. The van der Waals surface area contributed by atoms with Crippen molar-refractivity contribution in [2.24, 2.45) is 0 Å². The quantitative estimate of drug-likeness (QED) is 0.798. The number of piperidine rings is 1. The topological polar surface area (TPSA) is 101 Å². The van der Waals surface area contributed by atoms with Gasteiger partial charge in [0, 0.05) is 12.7 Å². The summed E-state index contributed by atoms with van der Waals surface area (Å²) in [7, 11) is -3.55. The zero-order valence-corrected chi connectivity index (χ0v) is 16.4. The molecule has 7 nitrogen and oxygen atoms in total. The molecule has 9 heteroatoms. The van der Waals surface area contributed by atoms with Crippen molar-refractivity contribution in [1.29, 1.82) is 0 Å². The maximum atomic E-state index is 12.8. The highest BCUT2D eigenvalue weighted by Gasteiger charge is 2.48. The number of rotatable bonds is 5. The number of aryl methyl sites for hydroxylation is 1. The van der Waals surface area contributed by atoms with Crippen molar-refractivity contribution in [2.75, 3.05) is 24.7 Å². The van der Waals surface area contributed by atoms with Gasteiger partial charge in [0.05, 0.1) is 0 Å². The van der Waals surface area contributed by atoms with Crippen molar-refractivity contribution >= 4 is 32.2 Å². The SMILES string of the molecule is Cc1ccc(Cc2nnc(NC(=O)C3(S(C)(=O)=O)CCNCC3)s2)cc1. The van der Waals surface area contributed by atoms with Gasteiger partial charge in [-0.3, -0.25) is 10.1 Å². The number of carbonyl (C=O) groups is 1. The molecular weight excluding hydrogens is 372 g/mol. The lowest BCUT2D eigenvalue weighted by atomic mass is 9.96. The first-order valence-electron chi connectivity index (χ1n) is 8.40. The van der Waals surface area contributed by atoms with Crippen molar-refractivity contribution < 1.29 is 13.2 Å². The molecular formula is C17H22N4O3S2. The van der Waals surface area contributed by atoms with Gasteiger partial charge in [-0.15, -0.1) is 10.2 Å². The number of benzene rings is 1. The molecule has 0 bridgehead atoms. The van der Waals surface area contributed by atoms with E-state index in [2.05, 4.69) is 20.8 Å². The van der Waals surface area contributed by atoms with Crippen LogP contribution in [0.3, 0.4) is 0 Å². The van der Waals surface area contributed by atoms with Gasteiger partial charge in [0.2, 0.25) is 11.0 Å². The van der Waals surface area contributed by atoms with Crippen LogP contribution >= 0.6 is 11.3 Å². The van der Waals surface area contributed by atoms with Crippen LogP contribution in [0.15, 0.2) is 24.3 Å². The summed E-state index contributed by atoms with van der Waals surface area (Å²) in [6.07, 6.45) is 2.26. The van der Waals surface area contributed by atoms with Crippen LogP contribution < -0.4 is 10.6 Å². The highest BCUT2D eigenvalue weighted by molar-refractivity contribution is 7.92. The first-order valence-corrected chi connectivity index (χ1v) is 11.1. The highest BCUT2D eigenvalue weighted by atomic mass is 32.2. The van der Waals surface area contributed by atoms with E-state index in [4.69, 9.17) is 0 Å². The van der Waals surface area contributed by atoms with Gasteiger partial charge >= 0.3 is 0 Å². The molecule has 0 aliphatic carbocycles. The van der Waals surface area contributed by atoms with Crippen LogP contribution in [0.1, 0.15) is 29.0 Å². The summed E-state index contributed by atoms with van der Waals surface area (Å²) in [5.41, 5.74) is 2.29. The maximum absolute atomic E-state index is 12.8. The molecule has 1 saturated heterocycles. The minimum absolute atomic E-state index is 0.257. The van der Waals surface area contributed by atoms with E-state index >= 15 is 0 Å². The van der Waals surface area contributed by atoms with Gasteiger partial charge in [0.25, 0.3) is 0 Å². The Morgan fingerprint density at radius 3 is 2.50 bits per heavy atom. The molecule has 1 aromatic heterocycles. The fourth-order valence-electron chi connectivity index (χ4n) is 3.06. The van der Waals surface area contributed by atoms with Crippen LogP contribution in [0.25, 0.3) is 0 Å². The molecule has 0 saturated carbocycles. The van der Waals surface area contributed by atoms with E-state index < -0.39 is 20.5 Å². The van der Waals surface area contributed by atoms with Crippen LogP contribution in [0.4, 0.5) is 5.13 Å². The fourth-order valence-corrected chi connectivity index (χ4v) is 5.17. The van der Waals surface area contributed by atoms with Crippen molar-refractivity contribution in [3.63, 3.8) is 0 Å². The molecule has 2 heterocycles. The van der Waals surface area contributed by atoms with Crippen LogP contribution in [0.2, 0.25) is 0 Å². The van der Waals surface area contributed by atoms with Gasteiger partial charge < -0.3 is 5.32 Å². The van der Waals surface area contributed by atoms with Crippen molar-refractivity contribution in [2.45, 2.75) is 30.9 Å². The number of nitrogens with zero attached hydrogens (tertiary/aromatic N) is 2. The largest absolute Gasteiger partial charge is 0.317 e. The molecule has 1 aliphatic rings. The Morgan fingerprint density at radius 1 is 1.23 bits per heavy atom. The number of aromatic nitrogens is 2. The van der Waals surface area contributed by atoms with Gasteiger partial charge in [0.15, 0.2) is 14.6 Å². The van der Waals surface area contributed by atoms with Crippen LogP contribution in [-0.4, -0.2) is 48.6 Å². The summed E-state index contributed by atoms with van der Waals surface area (Å²) in [6, 6.07) is 8.13. The summed E-state index contributed by atoms with van der Waals surface area (Å²) in [5.74, 6) is -0.514.